The molecule has 0 spiro atoms. The summed E-state index contributed by atoms with van der Waals surface area (Å²) in [4.78, 5) is 6.97. The minimum absolute atomic E-state index is 0.987. The minimum atomic E-state index is 0.987. The van der Waals surface area contributed by atoms with Crippen molar-refractivity contribution < 1.29 is 0 Å². The molecular formula is C16H18N2. The van der Waals surface area contributed by atoms with Gasteiger partial charge in [0.15, 0.2) is 0 Å². The maximum absolute atomic E-state index is 4.49. The zero-order chi connectivity index (χ0) is 12.2. The van der Waals surface area contributed by atoms with E-state index in [1.807, 2.05) is 6.20 Å². The third-order valence-corrected chi connectivity index (χ3v) is 3.51. The molecule has 0 radical (unpaired) electrons. The first kappa shape index (κ1) is 11.4. The van der Waals surface area contributed by atoms with Crippen LogP contribution in [0.1, 0.15) is 18.5 Å². The van der Waals surface area contributed by atoms with Crippen LogP contribution in [-0.2, 0) is 6.54 Å². The van der Waals surface area contributed by atoms with Gasteiger partial charge in [0.25, 0.3) is 0 Å². The van der Waals surface area contributed by atoms with E-state index < -0.39 is 0 Å². The summed E-state index contributed by atoms with van der Waals surface area (Å²) >= 11 is 0. The summed E-state index contributed by atoms with van der Waals surface area (Å²) in [6, 6.07) is 14.8. The van der Waals surface area contributed by atoms with Crippen LogP contribution in [0.2, 0.25) is 0 Å². The SMILES string of the molecule is c1ccc(-c2ccnc(CN3CCCC3)c2)cc1. The lowest BCUT2D eigenvalue weighted by Crippen LogP contribution is -2.19. The van der Waals surface area contributed by atoms with Gasteiger partial charge in [-0.15, -0.1) is 0 Å². The number of likely N-dealkylation sites (tertiary alicyclic amines) is 1. The van der Waals surface area contributed by atoms with Gasteiger partial charge in [-0.3, -0.25) is 9.88 Å². The number of hydrogen-bond donors (Lipinski definition) is 0. The van der Waals surface area contributed by atoms with E-state index in [0.29, 0.717) is 0 Å². The van der Waals surface area contributed by atoms with Crippen LogP contribution in [0.15, 0.2) is 48.7 Å². The van der Waals surface area contributed by atoms with Crippen molar-refractivity contribution in [1.82, 2.24) is 9.88 Å². The Labute approximate surface area is 108 Å². The number of aromatic nitrogens is 1. The van der Waals surface area contributed by atoms with Gasteiger partial charge in [0.05, 0.1) is 5.69 Å². The molecule has 0 N–H and O–H groups in total. The Morgan fingerprint density at radius 2 is 1.72 bits per heavy atom. The summed E-state index contributed by atoms with van der Waals surface area (Å²) in [5, 5.41) is 0. The van der Waals surface area contributed by atoms with E-state index >= 15 is 0 Å². The van der Waals surface area contributed by atoms with Crippen LogP contribution in [0, 0.1) is 0 Å². The normalized spacial score (nSPS) is 16.0. The fourth-order valence-electron chi connectivity index (χ4n) is 2.54. The third-order valence-electron chi connectivity index (χ3n) is 3.51. The average Bonchev–Trinajstić information content (AvgIpc) is 2.93. The summed E-state index contributed by atoms with van der Waals surface area (Å²) in [7, 11) is 0. The molecule has 3 rings (SSSR count). The lowest BCUT2D eigenvalue weighted by molar-refractivity contribution is 0.327. The van der Waals surface area contributed by atoms with Crippen molar-refractivity contribution >= 4 is 0 Å². The molecule has 0 bridgehead atoms. The number of pyridine rings is 1. The average molecular weight is 238 g/mol. The highest BCUT2D eigenvalue weighted by molar-refractivity contribution is 5.63. The van der Waals surface area contributed by atoms with E-state index in [0.717, 1.165) is 6.54 Å². The molecule has 2 heterocycles. The first-order chi connectivity index (χ1) is 8.92. The highest BCUT2D eigenvalue weighted by Crippen LogP contribution is 2.20. The Morgan fingerprint density at radius 1 is 0.944 bits per heavy atom. The standard InChI is InChI=1S/C16H18N2/c1-2-6-14(7-3-1)15-8-9-17-16(12-15)13-18-10-4-5-11-18/h1-3,6-9,12H,4-5,10-11,13H2. The molecule has 0 saturated carbocycles. The van der Waals surface area contributed by atoms with E-state index in [9.17, 15) is 0 Å². The fraction of sp³-hybridized carbons (Fsp3) is 0.312. The molecule has 92 valence electrons. The number of rotatable bonds is 3. The van der Waals surface area contributed by atoms with E-state index in [1.165, 1.54) is 42.8 Å². The molecule has 1 saturated heterocycles. The van der Waals surface area contributed by atoms with Crippen molar-refractivity contribution in [3.8, 4) is 11.1 Å². The van der Waals surface area contributed by atoms with Crippen molar-refractivity contribution in [1.29, 1.82) is 0 Å². The van der Waals surface area contributed by atoms with Gasteiger partial charge in [-0.1, -0.05) is 30.3 Å². The number of hydrogen-bond acceptors (Lipinski definition) is 2. The van der Waals surface area contributed by atoms with Gasteiger partial charge in [-0.05, 0) is 49.2 Å². The van der Waals surface area contributed by atoms with Crippen LogP contribution < -0.4 is 0 Å². The van der Waals surface area contributed by atoms with E-state index in [2.05, 4.69) is 52.3 Å². The summed E-state index contributed by atoms with van der Waals surface area (Å²) in [6.07, 6.45) is 4.59. The fourth-order valence-corrected chi connectivity index (χ4v) is 2.54. The molecule has 2 nitrogen and oxygen atoms in total. The molecule has 1 aliphatic heterocycles. The summed E-state index contributed by atoms with van der Waals surface area (Å²) in [6.45, 7) is 3.43. The predicted octanol–water partition coefficient (Wildman–Crippen LogP) is 3.34. The Bertz CT molecular complexity index is 502. The molecule has 18 heavy (non-hydrogen) atoms. The van der Waals surface area contributed by atoms with Crippen LogP contribution in [0.4, 0.5) is 0 Å². The zero-order valence-corrected chi connectivity index (χ0v) is 10.5. The van der Waals surface area contributed by atoms with Crippen molar-refractivity contribution in [3.63, 3.8) is 0 Å². The second-order valence-electron chi connectivity index (χ2n) is 4.89. The Hall–Kier alpha value is -1.67. The van der Waals surface area contributed by atoms with Gasteiger partial charge < -0.3 is 0 Å². The zero-order valence-electron chi connectivity index (χ0n) is 10.5. The molecule has 1 fully saturated rings. The van der Waals surface area contributed by atoms with Crippen LogP contribution in [0.3, 0.4) is 0 Å². The third kappa shape index (κ3) is 2.59. The predicted molar refractivity (Wildman–Crippen MR) is 74.2 cm³/mol. The molecule has 2 heteroatoms. The van der Waals surface area contributed by atoms with E-state index in [4.69, 9.17) is 0 Å². The van der Waals surface area contributed by atoms with Crippen LogP contribution in [0.5, 0.6) is 0 Å². The number of nitrogens with zero attached hydrogens (tertiary/aromatic N) is 2. The largest absolute Gasteiger partial charge is 0.298 e. The first-order valence-electron chi connectivity index (χ1n) is 6.64. The quantitative estimate of drug-likeness (QED) is 0.815. The lowest BCUT2D eigenvalue weighted by atomic mass is 10.1. The highest BCUT2D eigenvalue weighted by Gasteiger charge is 2.12. The minimum Gasteiger partial charge on any atom is -0.298 e. The molecule has 1 aromatic carbocycles. The molecule has 0 atom stereocenters. The van der Waals surface area contributed by atoms with Gasteiger partial charge in [0.2, 0.25) is 0 Å². The molecule has 0 unspecified atom stereocenters. The van der Waals surface area contributed by atoms with Gasteiger partial charge in [0.1, 0.15) is 0 Å². The highest BCUT2D eigenvalue weighted by atomic mass is 15.1. The van der Waals surface area contributed by atoms with Gasteiger partial charge in [-0.2, -0.15) is 0 Å². The van der Waals surface area contributed by atoms with E-state index in [-0.39, 0.29) is 0 Å². The molecule has 1 aliphatic rings. The second-order valence-corrected chi connectivity index (χ2v) is 4.89. The van der Waals surface area contributed by atoms with Crippen molar-refractivity contribution in [2.45, 2.75) is 19.4 Å². The van der Waals surface area contributed by atoms with Gasteiger partial charge in [0, 0.05) is 12.7 Å². The molecule has 1 aromatic heterocycles. The molecule has 0 aliphatic carbocycles. The van der Waals surface area contributed by atoms with Crippen LogP contribution in [-0.4, -0.2) is 23.0 Å². The molecular weight excluding hydrogens is 220 g/mol. The Kier molecular flexibility index (Phi) is 3.37. The summed E-state index contributed by atoms with van der Waals surface area (Å²) in [5.74, 6) is 0. The van der Waals surface area contributed by atoms with Crippen LogP contribution in [0.25, 0.3) is 11.1 Å². The summed E-state index contributed by atoms with van der Waals surface area (Å²) in [5.41, 5.74) is 3.71. The first-order valence-corrected chi connectivity index (χ1v) is 6.64. The maximum atomic E-state index is 4.49. The molecule has 0 amide bonds. The van der Waals surface area contributed by atoms with Crippen molar-refractivity contribution in [3.05, 3.63) is 54.4 Å². The van der Waals surface area contributed by atoms with Crippen molar-refractivity contribution in [2.24, 2.45) is 0 Å². The Balaban J connectivity index is 1.80. The van der Waals surface area contributed by atoms with Gasteiger partial charge >= 0.3 is 0 Å². The second kappa shape index (κ2) is 5.32. The van der Waals surface area contributed by atoms with Crippen LogP contribution >= 0.6 is 0 Å². The number of benzene rings is 1. The van der Waals surface area contributed by atoms with E-state index in [1.54, 1.807) is 0 Å². The Morgan fingerprint density at radius 3 is 2.50 bits per heavy atom. The maximum Gasteiger partial charge on any atom is 0.0550 e. The summed E-state index contributed by atoms with van der Waals surface area (Å²) < 4.78 is 0. The van der Waals surface area contributed by atoms with Crippen molar-refractivity contribution in [2.75, 3.05) is 13.1 Å². The van der Waals surface area contributed by atoms with Gasteiger partial charge in [-0.25, -0.2) is 0 Å². The monoisotopic (exact) mass is 238 g/mol. The topological polar surface area (TPSA) is 16.1 Å². The lowest BCUT2D eigenvalue weighted by Gasteiger charge is -2.14. The molecule has 2 aromatic rings. The smallest absolute Gasteiger partial charge is 0.0550 e.